The number of carbonyl (C=O) groups is 5. The van der Waals surface area contributed by atoms with Gasteiger partial charge in [0, 0.05) is 12.0 Å². The first-order chi connectivity index (χ1) is 17.2. The van der Waals surface area contributed by atoms with E-state index in [9.17, 15) is 39.3 Å². The van der Waals surface area contributed by atoms with E-state index in [0.717, 1.165) is 0 Å². The van der Waals surface area contributed by atoms with E-state index >= 15 is 0 Å². The number of ketones is 3. The molecule has 0 radical (unpaired) electrons. The molecule has 12 heteroatoms. The zero-order chi connectivity index (χ0) is 27.6. The van der Waals surface area contributed by atoms with Crippen molar-refractivity contribution in [1.82, 2.24) is 9.80 Å². The number of Topliss-reactive ketones (excluding diaryl/α,β-unsaturated/α-hetero) is 3. The highest BCUT2D eigenvalue weighted by Crippen LogP contribution is 2.51. The largest absolute Gasteiger partial charge is 0.505 e. The lowest BCUT2D eigenvalue weighted by Crippen LogP contribution is -2.75. The molecular weight excluding hydrogens is 484 g/mol. The molecule has 200 valence electrons. The Labute approximate surface area is 213 Å². The molecule has 0 aromatic heterocycles. The Bertz CT molecular complexity index is 1200. The Hall–Kier alpha value is -3.19. The van der Waals surface area contributed by atoms with Gasteiger partial charge in [-0.25, -0.2) is 0 Å². The zero-order valence-corrected chi connectivity index (χ0v) is 21.1. The molecule has 4 rings (SSSR count). The second-order valence-corrected chi connectivity index (χ2v) is 10.7. The quantitative estimate of drug-likeness (QED) is 0.219. The fourth-order valence-electron chi connectivity index (χ4n) is 6.38. The minimum atomic E-state index is -2.71. The molecule has 37 heavy (non-hydrogen) atoms. The fraction of sp³-hybridized carbons (Fsp3) is 0.560. The second kappa shape index (κ2) is 9.28. The second-order valence-electron chi connectivity index (χ2n) is 10.7. The van der Waals surface area contributed by atoms with Crippen molar-refractivity contribution in [2.24, 2.45) is 29.4 Å². The average Bonchev–Trinajstić information content (AvgIpc) is 2.77. The highest BCUT2D eigenvalue weighted by atomic mass is 16.3. The standard InChI is InChI=1S/C25H32N4O8/c1-28(2)9-14(30)27-13-6-5-10-7-11-8-12-18(29(3)4)21(33)17(24(26)36)23(35)25(12,37)22(34)16(11)20(32)15(10)19(13)31/h5-6,11-12,16-18,21,31,33,37H,7-9H2,1-4H3,(H2,26,36)(H,27,30)/t11-,12-,16?,17?,18-,21?,25-/m1/s1. The lowest BCUT2D eigenvalue weighted by molar-refractivity contribution is -0.190. The van der Waals surface area contributed by atoms with E-state index in [-0.39, 0.29) is 30.6 Å². The van der Waals surface area contributed by atoms with E-state index in [4.69, 9.17) is 5.73 Å². The van der Waals surface area contributed by atoms with Crippen molar-refractivity contribution in [1.29, 1.82) is 0 Å². The fourth-order valence-corrected chi connectivity index (χ4v) is 6.38. The molecule has 0 aliphatic heterocycles. The number of rotatable bonds is 5. The van der Waals surface area contributed by atoms with Crippen LogP contribution in [0, 0.1) is 23.7 Å². The lowest BCUT2D eigenvalue weighted by atomic mass is 9.52. The molecule has 1 aromatic carbocycles. The maximum absolute atomic E-state index is 13.8. The minimum absolute atomic E-state index is 0.00410. The van der Waals surface area contributed by atoms with Crippen molar-refractivity contribution in [2.45, 2.75) is 30.6 Å². The summed E-state index contributed by atoms with van der Waals surface area (Å²) in [6.45, 7) is 0.0319. The number of aliphatic hydroxyl groups is 2. The monoisotopic (exact) mass is 516 g/mol. The number of hydrogen-bond donors (Lipinski definition) is 5. The zero-order valence-electron chi connectivity index (χ0n) is 21.1. The van der Waals surface area contributed by atoms with Crippen LogP contribution < -0.4 is 11.1 Å². The Morgan fingerprint density at radius 1 is 1.14 bits per heavy atom. The maximum atomic E-state index is 13.8. The number of anilines is 1. The molecule has 3 aliphatic carbocycles. The third-order valence-electron chi connectivity index (χ3n) is 7.90. The number of primary amides is 1. The van der Waals surface area contributed by atoms with Gasteiger partial charge < -0.3 is 36.2 Å². The van der Waals surface area contributed by atoms with E-state index in [2.05, 4.69) is 5.32 Å². The van der Waals surface area contributed by atoms with Crippen LogP contribution in [0.4, 0.5) is 5.69 Å². The number of carbonyl (C=O) groups excluding carboxylic acids is 5. The molecule has 0 bridgehead atoms. The highest BCUT2D eigenvalue weighted by Gasteiger charge is 2.69. The van der Waals surface area contributed by atoms with E-state index in [0.29, 0.717) is 5.56 Å². The molecule has 6 N–H and O–H groups in total. The number of aromatic hydroxyl groups is 1. The summed E-state index contributed by atoms with van der Waals surface area (Å²) in [6.07, 6.45) is -1.32. The third kappa shape index (κ3) is 4.04. The Morgan fingerprint density at radius 2 is 1.78 bits per heavy atom. The van der Waals surface area contributed by atoms with Crippen molar-refractivity contribution in [3.8, 4) is 5.75 Å². The number of hydrogen-bond acceptors (Lipinski definition) is 10. The predicted molar refractivity (Wildman–Crippen MR) is 130 cm³/mol. The lowest BCUT2D eigenvalue weighted by Gasteiger charge is -2.54. The summed E-state index contributed by atoms with van der Waals surface area (Å²) in [5.74, 6) is -10.1. The van der Waals surface area contributed by atoms with Crippen LogP contribution in [0.3, 0.4) is 0 Å². The molecule has 0 spiro atoms. The highest BCUT2D eigenvalue weighted by molar-refractivity contribution is 6.25. The van der Waals surface area contributed by atoms with E-state index in [1.165, 1.54) is 11.0 Å². The van der Waals surface area contributed by atoms with Crippen LogP contribution in [-0.4, -0.2) is 107 Å². The van der Waals surface area contributed by atoms with Crippen molar-refractivity contribution < 1.29 is 39.3 Å². The van der Waals surface area contributed by atoms with Gasteiger partial charge in [0.05, 0.1) is 29.8 Å². The summed E-state index contributed by atoms with van der Waals surface area (Å²) < 4.78 is 0. The van der Waals surface area contributed by atoms with Gasteiger partial charge in [-0.1, -0.05) is 6.07 Å². The van der Waals surface area contributed by atoms with E-state index in [1.54, 1.807) is 39.2 Å². The first kappa shape index (κ1) is 26.9. The first-order valence-electron chi connectivity index (χ1n) is 12.0. The van der Waals surface area contributed by atoms with Gasteiger partial charge in [-0.15, -0.1) is 0 Å². The van der Waals surface area contributed by atoms with Gasteiger partial charge in [-0.2, -0.15) is 0 Å². The van der Waals surface area contributed by atoms with Crippen molar-refractivity contribution in [3.63, 3.8) is 0 Å². The first-order valence-corrected chi connectivity index (χ1v) is 12.0. The number of benzene rings is 1. The van der Waals surface area contributed by atoms with Gasteiger partial charge in [0.25, 0.3) is 0 Å². The van der Waals surface area contributed by atoms with E-state index < -0.39 is 76.3 Å². The van der Waals surface area contributed by atoms with Gasteiger partial charge in [0.1, 0.15) is 11.7 Å². The van der Waals surface area contributed by atoms with Crippen molar-refractivity contribution in [3.05, 3.63) is 23.3 Å². The number of nitrogens with one attached hydrogen (secondary N) is 1. The van der Waals surface area contributed by atoms with Crippen LogP contribution >= 0.6 is 0 Å². The molecule has 3 aliphatic rings. The number of phenols is 1. The molecule has 3 unspecified atom stereocenters. The number of nitrogens with two attached hydrogens (primary N) is 1. The van der Waals surface area contributed by atoms with Crippen LogP contribution in [0.25, 0.3) is 0 Å². The molecule has 2 amide bonds. The molecule has 0 saturated heterocycles. The number of nitrogens with zero attached hydrogens (tertiary/aromatic N) is 2. The topological polar surface area (TPSA) is 191 Å². The van der Waals surface area contributed by atoms with Gasteiger partial charge >= 0.3 is 0 Å². The minimum Gasteiger partial charge on any atom is -0.505 e. The summed E-state index contributed by atoms with van der Waals surface area (Å²) in [6, 6.07) is 2.11. The summed E-state index contributed by atoms with van der Waals surface area (Å²) >= 11 is 0. The van der Waals surface area contributed by atoms with Gasteiger partial charge in [-0.3, -0.25) is 24.0 Å². The Morgan fingerprint density at radius 3 is 2.35 bits per heavy atom. The smallest absolute Gasteiger partial charge is 0.238 e. The van der Waals surface area contributed by atoms with E-state index in [1.807, 2.05) is 0 Å². The summed E-state index contributed by atoms with van der Waals surface area (Å²) in [5.41, 5.74) is 2.96. The molecule has 7 atom stereocenters. The molecular formula is C25H32N4O8. The number of amides is 2. The Balaban J connectivity index is 1.76. The van der Waals surface area contributed by atoms with Crippen LogP contribution in [-0.2, 0) is 25.6 Å². The van der Waals surface area contributed by atoms with Crippen LogP contribution in [0.2, 0.25) is 0 Å². The molecule has 12 nitrogen and oxygen atoms in total. The number of phenolic OH excluding ortho intramolecular Hbond substituents is 1. The van der Waals surface area contributed by atoms with Crippen LogP contribution in [0.1, 0.15) is 22.3 Å². The third-order valence-corrected chi connectivity index (χ3v) is 7.90. The Kier molecular flexibility index (Phi) is 6.74. The molecule has 2 fully saturated rings. The number of likely N-dealkylation sites (N-methyl/N-ethyl adjacent to an activating group) is 2. The summed E-state index contributed by atoms with van der Waals surface area (Å²) in [5, 5.41) is 35.9. The van der Waals surface area contributed by atoms with Gasteiger partial charge in [0.2, 0.25) is 11.8 Å². The average molecular weight is 517 g/mol. The number of aliphatic hydroxyl groups excluding tert-OH is 1. The normalized spacial score (nSPS) is 33.1. The maximum Gasteiger partial charge on any atom is 0.238 e. The number of fused-ring (bicyclic) bond motifs is 3. The van der Waals surface area contributed by atoms with Crippen LogP contribution in [0.15, 0.2) is 12.1 Å². The van der Waals surface area contributed by atoms with Gasteiger partial charge in [-0.05, 0) is 58.6 Å². The van der Waals surface area contributed by atoms with Crippen LogP contribution in [0.5, 0.6) is 5.75 Å². The summed E-state index contributed by atoms with van der Waals surface area (Å²) in [7, 11) is 6.56. The van der Waals surface area contributed by atoms with Gasteiger partial charge in [0.15, 0.2) is 23.0 Å². The summed E-state index contributed by atoms with van der Waals surface area (Å²) in [4.78, 5) is 68.2. The molecule has 2 saturated carbocycles. The predicted octanol–water partition coefficient (Wildman–Crippen LogP) is -1.84. The SMILES string of the molecule is CN(C)CC(=O)Nc1ccc2c(c1O)C(=O)C1C(=O)[C@@]3(O)C(=O)C(C(N)=O)C(O)[C@H](N(C)C)[C@H]3C[C@H]1C2. The molecule has 1 aromatic rings. The molecule has 0 heterocycles. The van der Waals surface area contributed by atoms with Crippen molar-refractivity contribution in [2.75, 3.05) is 40.1 Å². The van der Waals surface area contributed by atoms with Crippen molar-refractivity contribution >= 4 is 34.9 Å².